The summed E-state index contributed by atoms with van der Waals surface area (Å²) in [5.41, 5.74) is 1.39. The largest absolute Gasteiger partial charge is 0.373 e. The van der Waals surface area contributed by atoms with E-state index < -0.39 is 0 Å². The molecule has 3 heterocycles. The molecule has 4 rings (SSSR count). The highest BCUT2D eigenvalue weighted by Crippen LogP contribution is 2.27. The Balaban J connectivity index is 1.45. The van der Waals surface area contributed by atoms with Gasteiger partial charge in [0.05, 0.1) is 24.4 Å². The fourth-order valence-electron chi connectivity index (χ4n) is 4.60. The van der Waals surface area contributed by atoms with Crippen LogP contribution in [0.15, 0.2) is 0 Å². The van der Waals surface area contributed by atoms with Crippen LogP contribution in [0, 0.1) is 12.8 Å². The summed E-state index contributed by atoms with van der Waals surface area (Å²) in [6, 6.07) is 0.128. The molecule has 1 aromatic heterocycles. The monoisotopic (exact) mass is 347 g/mol. The summed E-state index contributed by atoms with van der Waals surface area (Å²) in [5.74, 6) is 0.656. The molecule has 3 unspecified atom stereocenters. The molecule has 7 heteroatoms. The molecule has 0 radical (unpaired) electrons. The summed E-state index contributed by atoms with van der Waals surface area (Å²) in [4.78, 5) is 17.3. The number of morpholine rings is 1. The van der Waals surface area contributed by atoms with Gasteiger partial charge in [-0.25, -0.2) is 4.68 Å². The second-order valence-corrected chi connectivity index (χ2v) is 7.84. The summed E-state index contributed by atoms with van der Waals surface area (Å²) in [6.45, 7) is 6.59. The predicted octanol–water partition coefficient (Wildman–Crippen LogP) is 1.32. The second-order valence-electron chi connectivity index (χ2n) is 7.84. The molecule has 3 aliphatic rings. The van der Waals surface area contributed by atoms with E-state index >= 15 is 0 Å². The van der Waals surface area contributed by atoms with Crippen molar-refractivity contribution in [3.63, 3.8) is 0 Å². The maximum atomic E-state index is 13.0. The molecule has 138 valence electrons. The number of likely N-dealkylation sites (N-methyl/N-ethyl adjacent to an activating group) is 1. The molecular weight excluding hydrogens is 318 g/mol. The zero-order valence-electron chi connectivity index (χ0n) is 15.4. The Labute approximate surface area is 149 Å². The topological polar surface area (TPSA) is 63.5 Å². The maximum absolute atomic E-state index is 13.0. The number of piperidine rings is 1. The maximum Gasteiger partial charge on any atom is 0.276 e. The fourth-order valence-corrected chi connectivity index (χ4v) is 4.60. The van der Waals surface area contributed by atoms with Gasteiger partial charge in [0.15, 0.2) is 5.69 Å². The molecule has 2 saturated heterocycles. The van der Waals surface area contributed by atoms with Gasteiger partial charge in [0.25, 0.3) is 5.91 Å². The zero-order chi connectivity index (χ0) is 17.4. The van der Waals surface area contributed by atoms with Gasteiger partial charge in [-0.05, 0) is 32.1 Å². The van der Waals surface area contributed by atoms with Gasteiger partial charge in [0, 0.05) is 33.2 Å². The Morgan fingerprint density at radius 3 is 2.88 bits per heavy atom. The lowest BCUT2D eigenvalue weighted by Crippen LogP contribution is -2.59. The number of fused-ring (bicyclic) bond motifs is 2. The highest BCUT2D eigenvalue weighted by molar-refractivity contribution is 5.93. The molecule has 0 spiro atoms. The predicted molar refractivity (Wildman–Crippen MR) is 93.4 cm³/mol. The van der Waals surface area contributed by atoms with Crippen molar-refractivity contribution >= 4 is 5.91 Å². The van der Waals surface area contributed by atoms with Crippen molar-refractivity contribution in [1.29, 1.82) is 0 Å². The van der Waals surface area contributed by atoms with Crippen molar-refractivity contribution in [2.75, 3.05) is 33.3 Å². The van der Waals surface area contributed by atoms with Gasteiger partial charge in [-0.1, -0.05) is 18.1 Å². The average molecular weight is 347 g/mol. The van der Waals surface area contributed by atoms with Gasteiger partial charge in [0.2, 0.25) is 0 Å². The lowest BCUT2D eigenvalue weighted by Gasteiger charge is -2.45. The van der Waals surface area contributed by atoms with Crippen LogP contribution in [0.2, 0.25) is 0 Å². The number of hydrogen-bond acceptors (Lipinski definition) is 5. The normalized spacial score (nSPS) is 29.8. The summed E-state index contributed by atoms with van der Waals surface area (Å²) in [7, 11) is 1.88. The van der Waals surface area contributed by atoms with Crippen molar-refractivity contribution in [2.24, 2.45) is 5.92 Å². The molecule has 3 atom stereocenters. The Kier molecular flexibility index (Phi) is 4.78. The first-order chi connectivity index (χ1) is 12.1. The SMILES string of the molecule is Cc1c(C(=O)N(C)C2CCN3CCOC2C3)nnn1CC1CCCC1. The quantitative estimate of drug-likeness (QED) is 0.822. The first-order valence-electron chi connectivity index (χ1n) is 9.64. The van der Waals surface area contributed by atoms with E-state index in [4.69, 9.17) is 4.74 Å². The van der Waals surface area contributed by atoms with E-state index in [0.717, 1.165) is 44.9 Å². The number of ether oxygens (including phenoxy) is 1. The third kappa shape index (κ3) is 3.31. The highest BCUT2D eigenvalue weighted by atomic mass is 16.5. The molecule has 3 fully saturated rings. The number of nitrogens with zero attached hydrogens (tertiary/aromatic N) is 5. The van der Waals surface area contributed by atoms with Gasteiger partial charge < -0.3 is 9.64 Å². The van der Waals surface area contributed by atoms with Crippen LogP contribution in [0.4, 0.5) is 0 Å². The minimum atomic E-state index is -0.0252. The van der Waals surface area contributed by atoms with E-state index in [1.165, 1.54) is 25.7 Å². The second kappa shape index (κ2) is 7.03. The lowest BCUT2D eigenvalue weighted by molar-refractivity contribution is -0.0900. The molecule has 1 amide bonds. The number of rotatable bonds is 4. The summed E-state index contributed by atoms with van der Waals surface area (Å²) in [5, 5.41) is 8.49. The van der Waals surface area contributed by atoms with E-state index in [-0.39, 0.29) is 18.1 Å². The summed E-state index contributed by atoms with van der Waals surface area (Å²) < 4.78 is 7.84. The van der Waals surface area contributed by atoms with E-state index in [2.05, 4.69) is 15.2 Å². The van der Waals surface area contributed by atoms with Crippen molar-refractivity contribution in [1.82, 2.24) is 24.8 Å². The molecule has 7 nitrogen and oxygen atoms in total. The Morgan fingerprint density at radius 2 is 2.08 bits per heavy atom. The zero-order valence-corrected chi connectivity index (χ0v) is 15.4. The molecule has 1 aliphatic carbocycles. The number of aromatic nitrogens is 3. The number of carbonyl (C=O) groups is 1. The van der Waals surface area contributed by atoms with Gasteiger partial charge in [-0.15, -0.1) is 5.10 Å². The van der Waals surface area contributed by atoms with Crippen molar-refractivity contribution in [3.8, 4) is 0 Å². The van der Waals surface area contributed by atoms with Gasteiger partial charge >= 0.3 is 0 Å². The average Bonchev–Trinajstić information content (AvgIpc) is 3.25. The minimum absolute atomic E-state index is 0.0252. The minimum Gasteiger partial charge on any atom is -0.373 e. The third-order valence-corrected chi connectivity index (χ3v) is 6.26. The Morgan fingerprint density at radius 1 is 1.28 bits per heavy atom. The molecule has 2 bridgehead atoms. The first-order valence-corrected chi connectivity index (χ1v) is 9.64. The van der Waals surface area contributed by atoms with E-state index in [9.17, 15) is 4.79 Å². The highest BCUT2D eigenvalue weighted by Gasteiger charge is 2.38. The molecular formula is C18H29N5O2. The smallest absolute Gasteiger partial charge is 0.276 e. The van der Waals surface area contributed by atoms with E-state index in [0.29, 0.717) is 11.6 Å². The van der Waals surface area contributed by atoms with E-state index in [1.54, 1.807) is 0 Å². The van der Waals surface area contributed by atoms with Crippen LogP contribution in [0.3, 0.4) is 0 Å². The fraction of sp³-hybridized carbons (Fsp3) is 0.833. The van der Waals surface area contributed by atoms with E-state index in [1.807, 2.05) is 23.6 Å². The van der Waals surface area contributed by atoms with Crippen LogP contribution in [0.5, 0.6) is 0 Å². The number of carbonyl (C=O) groups excluding carboxylic acids is 1. The standard InChI is InChI=1S/C18H29N5O2/c1-13-17(19-20-23(13)11-14-5-3-4-6-14)18(24)21(2)15-7-8-22-9-10-25-16(15)12-22/h14-16H,3-12H2,1-2H3. The van der Waals surface area contributed by atoms with Crippen LogP contribution in [-0.4, -0.2) is 76.1 Å². The Hall–Kier alpha value is -1.47. The molecule has 1 aromatic rings. The van der Waals surface area contributed by atoms with Crippen LogP contribution in [0.1, 0.15) is 48.3 Å². The van der Waals surface area contributed by atoms with Crippen LogP contribution >= 0.6 is 0 Å². The van der Waals surface area contributed by atoms with Gasteiger partial charge in [-0.2, -0.15) is 0 Å². The number of hydrogen-bond donors (Lipinski definition) is 0. The van der Waals surface area contributed by atoms with Crippen LogP contribution < -0.4 is 0 Å². The summed E-state index contributed by atoms with van der Waals surface area (Å²) >= 11 is 0. The third-order valence-electron chi connectivity index (χ3n) is 6.26. The molecule has 2 aliphatic heterocycles. The molecule has 0 N–H and O–H groups in total. The van der Waals surface area contributed by atoms with Crippen molar-refractivity contribution < 1.29 is 9.53 Å². The van der Waals surface area contributed by atoms with Gasteiger partial charge in [-0.3, -0.25) is 9.69 Å². The number of amides is 1. The molecule has 0 aromatic carbocycles. The van der Waals surface area contributed by atoms with Crippen molar-refractivity contribution in [3.05, 3.63) is 11.4 Å². The van der Waals surface area contributed by atoms with Crippen molar-refractivity contribution in [2.45, 2.75) is 57.7 Å². The lowest BCUT2D eigenvalue weighted by atomic mass is 9.98. The summed E-state index contributed by atoms with van der Waals surface area (Å²) in [6.07, 6.45) is 6.23. The van der Waals surface area contributed by atoms with Crippen LogP contribution in [-0.2, 0) is 11.3 Å². The first kappa shape index (κ1) is 17.0. The van der Waals surface area contributed by atoms with Gasteiger partial charge in [0.1, 0.15) is 0 Å². The Bertz CT molecular complexity index is 625. The molecule has 1 saturated carbocycles. The molecule has 25 heavy (non-hydrogen) atoms. The van der Waals surface area contributed by atoms with Crippen LogP contribution in [0.25, 0.3) is 0 Å².